The molecule has 1 heterocycles. The third-order valence-electron chi connectivity index (χ3n) is 6.93. The molecule has 0 saturated carbocycles. The third kappa shape index (κ3) is 7.80. The zero-order chi connectivity index (χ0) is 29.4. The summed E-state index contributed by atoms with van der Waals surface area (Å²) in [4.78, 5) is 30.5. The fourth-order valence-electron chi connectivity index (χ4n) is 4.55. The number of nitrogens with zero attached hydrogens (tertiary/aromatic N) is 1. The van der Waals surface area contributed by atoms with Gasteiger partial charge in [-0.25, -0.2) is 4.98 Å². The molecule has 0 spiro atoms. The Morgan fingerprint density at radius 1 is 1.07 bits per heavy atom. The van der Waals surface area contributed by atoms with Crippen LogP contribution in [0.1, 0.15) is 51.8 Å². The van der Waals surface area contributed by atoms with Gasteiger partial charge >= 0.3 is 5.97 Å². The Morgan fingerprint density at radius 2 is 1.78 bits per heavy atom. The lowest BCUT2D eigenvalue weighted by atomic mass is 9.90. The second kappa shape index (κ2) is 13.7. The largest absolute Gasteiger partial charge is 0.501 e. The number of hydrogen-bond acceptors (Lipinski definition) is 6. The predicted octanol–water partition coefficient (Wildman–Crippen LogP) is 8.42. The number of carboxylic acid groups (broad SMARTS) is 1. The van der Waals surface area contributed by atoms with Gasteiger partial charge in [0.05, 0.1) is 29.4 Å². The van der Waals surface area contributed by atoms with Gasteiger partial charge in [0.15, 0.2) is 10.9 Å². The van der Waals surface area contributed by atoms with Gasteiger partial charge in [0.1, 0.15) is 0 Å². The number of rotatable bonds is 13. The van der Waals surface area contributed by atoms with E-state index < -0.39 is 11.9 Å². The molecule has 0 saturated heterocycles. The number of ketones is 1. The summed E-state index contributed by atoms with van der Waals surface area (Å²) in [6, 6.07) is 23.4. The minimum Gasteiger partial charge on any atom is -0.501 e. The van der Waals surface area contributed by atoms with Crippen molar-refractivity contribution in [3.8, 4) is 11.1 Å². The summed E-state index contributed by atoms with van der Waals surface area (Å²) in [6.45, 7) is 7.64. The molecule has 1 atom stereocenters. The van der Waals surface area contributed by atoms with Crippen LogP contribution < -0.4 is 5.32 Å². The van der Waals surface area contributed by atoms with Crippen molar-refractivity contribution in [3.63, 3.8) is 0 Å². The number of ether oxygens (including phenoxy) is 1. The van der Waals surface area contributed by atoms with Gasteiger partial charge in [0, 0.05) is 17.7 Å². The number of allylic oxidation sites excluding steroid dienone is 1. The van der Waals surface area contributed by atoms with E-state index in [2.05, 4.69) is 16.9 Å². The van der Waals surface area contributed by atoms with Gasteiger partial charge in [0.2, 0.25) is 0 Å². The topological polar surface area (TPSA) is 88.5 Å². The Morgan fingerprint density at radius 3 is 2.41 bits per heavy atom. The summed E-state index contributed by atoms with van der Waals surface area (Å²) in [5.41, 5.74) is 6.14. The lowest BCUT2D eigenvalue weighted by Crippen LogP contribution is -2.19. The monoisotopic (exact) mass is 566 g/mol. The van der Waals surface area contributed by atoms with Gasteiger partial charge in [-0.2, -0.15) is 0 Å². The van der Waals surface area contributed by atoms with Gasteiger partial charge in [0.25, 0.3) is 0 Å². The fourth-order valence-corrected chi connectivity index (χ4v) is 5.53. The van der Waals surface area contributed by atoms with Crippen LogP contribution in [0.2, 0.25) is 0 Å². The summed E-state index contributed by atoms with van der Waals surface area (Å²) in [7, 11) is 1.64. The molecular weight excluding hydrogens is 532 g/mol. The van der Waals surface area contributed by atoms with Crippen LogP contribution in [-0.2, 0) is 16.0 Å². The highest BCUT2D eigenvalue weighted by Crippen LogP contribution is 2.30. The molecule has 41 heavy (non-hydrogen) atoms. The normalized spacial score (nSPS) is 12.0. The molecule has 0 aliphatic rings. The number of Topliss-reactive ketones (excluding diaryl/α,β-unsaturated/α-hetero) is 1. The van der Waals surface area contributed by atoms with Gasteiger partial charge in [-0.1, -0.05) is 78.6 Å². The molecule has 7 heteroatoms. The van der Waals surface area contributed by atoms with E-state index in [1.807, 2.05) is 86.7 Å². The van der Waals surface area contributed by atoms with E-state index in [1.54, 1.807) is 19.3 Å². The minimum atomic E-state index is -0.937. The van der Waals surface area contributed by atoms with E-state index in [4.69, 9.17) is 4.74 Å². The highest BCUT2D eigenvalue weighted by atomic mass is 32.1. The van der Waals surface area contributed by atoms with Gasteiger partial charge in [-0.05, 0) is 73.2 Å². The number of carbonyl (C=O) groups excluding carboxylic acids is 1. The molecule has 210 valence electrons. The van der Waals surface area contributed by atoms with Gasteiger partial charge in [-0.15, -0.1) is 0 Å². The van der Waals surface area contributed by atoms with Crippen molar-refractivity contribution in [1.82, 2.24) is 4.98 Å². The first-order chi connectivity index (χ1) is 19.8. The molecule has 0 aliphatic carbocycles. The number of nitrogens with one attached hydrogen (secondary N) is 1. The van der Waals surface area contributed by atoms with E-state index in [9.17, 15) is 14.7 Å². The molecule has 1 aromatic heterocycles. The molecule has 3 aromatic carbocycles. The van der Waals surface area contributed by atoms with E-state index >= 15 is 0 Å². The third-order valence-corrected chi connectivity index (χ3v) is 7.87. The second-order valence-electron chi connectivity index (χ2n) is 9.85. The number of aryl methyl sites for hydroxylation is 2. The number of aromatic nitrogens is 1. The van der Waals surface area contributed by atoms with Crippen molar-refractivity contribution in [3.05, 3.63) is 112 Å². The van der Waals surface area contributed by atoms with Crippen LogP contribution in [0, 0.1) is 12.8 Å². The standard InChI is InChI=1S/C34H34N2O4S/c1-5-30-32(20-23(3)40-4)41-34(36-30)35-28-16-13-25(14-17-28)26-15-18-29(22(2)19-26)31(37)21-27(33(38)39)12-11-24-9-7-6-8-10-24/h5-10,13-20,27H,1,11-12,21H2,2-4H3,(H,35,36)(H,38,39)/b23-20+. The molecule has 4 aromatic rings. The quantitative estimate of drug-likeness (QED) is 0.125. The van der Waals surface area contributed by atoms with Crippen LogP contribution in [-0.4, -0.2) is 29.0 Å². The average Bonchev–Trinajstić information content (AvgIpc) is 3.36. The van der Waals surface area contributed by atoms with E-state index in [-0.39, 0.29) is 12.2 Å². The Kier molecular flexibility index (Phi) is 9.87. The first-order valence-electron chi connectivity index (χ1n) is 13.4. The summed E-state index contributed by atoms with van der Waals surface area (Å²) in [5, 5.41) is 13.8. The number of thiazole rings is 1. The molecule has 0 radical (unpaired) electrons. The van der Waals surface area contributed by atoms with Crippen molar-refractivity contribution < 1.29 is 19.4 Å². The highest BCUT2D eigenvalue weighted by molar-refractivity contribution is 7.16. The lowest BCUT2D eigenvalue weighted by molar-refractivity contribution is -0.141. The summed E-state index contributed by atoms with van der Waals surface area (Å²) in [6.07, 6.45) is 4.69. The van der Waals surface area contributed by atoms with Crippen molar-refractivity contribution >= 4 is 46.1 Å². The van der Waals surface area contributed by atoms with Crippen molar-refractivity contribution in [2.45, 2.75) is 33.1 Å². The number of hydrogen-bond donors (Lipinski definition) is 2. The van der Waals surface area contributed by atoms with Crippen LogP contribution in [0.25, 0.3) is 23.3 Å². The van der Waals surface area contributed by atoms with Crippen molar-refractivity contribution in [2.24, 2.45) is 5.92 Å². The Balaban J connectivity index is 1.42. The lowest BCUT2D eigenvalue weighted by Gasteiger charge is -2.14. The van der Waals surface area contributed by atoms with Gasteiger partial charge in [-0.3, -0.25) is 9.59 Å². The van der Waals surface area contributed by atoms with Crippen LogP contribution in [0.4, 0.5) is 10.8 Å². The van der Waals surface area contributed by atoms with Crippen molar-refractivity contribution in [2.75, 3.05) is 12.4 Å². The maximum absolute atomic E-state index is 13.1. The molecule has 0 amide bonds. The Labute approximate surface area is 245 Å². The number of carboxylic acids is 1. The van der Waals surface area contributed by atoms with Crippen molar-refractivity contribution in [1.29, 1.82) is 0 Å². The molecule has 0 bridgehead atoms. The fraction of sp³-hybridized carbons (Fsp3) is 0.206. The molecule has 2 N–H and O–H groups in total. The van der Waals surface area contributed by atoms with E-state index in [1.165, 1.54) is 11.3 Å². The second-order valence-corrected chi connectivity index (χ2v) is 10.9. The summed E-state index contributed by atoms with van der Waals surface area (Å²) < 4.78 is 5.26. The number of methoxy groups -OCH3 is 1. The Hall–Kier alpha value is -4.49. The van der Waals surface area contributed by atoms with E-state index in [0.29, 0.717) is 18.4 Å². The summed E-state index contributed by atoms with van der Waals surface area (Å²) in [5.74, 6) is -1.02. The molecule has 6 nitrogen and oxygen atoms in total. The predicted molar refractivity (Wildman–Crippen MR) is 168 cm³/mol. The number of aliphatic carboxylic acids is 1. The van der Waals surface area contributed by atoms with Crippen LogP contribution in [0.15, 0.2) is 85.1 Å². The SMILES string of the molecule is C=Cc1nc(Nc2ccc(-c3ccc(C(=O)CC(CCc4ccccc4)C(=O)O)c(C)c3)cc2)sc1/C=C(\C)OC. The van der Waals surface area contributed by atoms with E-state index in [0.717, 1.165) is 49.4 Å². The first kappa shape index (κ1) is 29.5. The van der Waals surface area contributed by atoms with Crippen LogP contribution >= 0.6 is 11.3 Å². The smallest absolute Gasteiger partial charge is 0.306 e. The molecular formula is C34H34N2O4S. The first-order valence-corrected chi connectivity index (χ1v) is 14.2. The molecule has 0 fully saturated rings. The number of anilines is 2. The van der Waals surface area contributed by atoms with Crippen LogP contribution in [0.3, 0.4) is 0 Å². The zero-order valence-corrected chi connectivity index (χ0v) is 24.3. The minimum absolute atomic E-state index is 0.0183. The van der Waals surface area contributed by atoms with Gasteiger partial charge < -0.3 is 15.2 Å². The maximum Gasteiger partial charge on any atom is 0.306 e. The maximum atomic E-state index is 13.1. The molecule has 0 aliphatic heterocycles. The van der Waals surface area contributed by atoms with Crippen LogP contribution in [0.5, 0.6) is 0 Å². The zero-order valence-electron chi connectivity index (χ0n) is 23.5. The molecule has 1 unspecified atom stereocenters. The molecule has 4 rings (SSSR count). The summed E-state index contributed by atoms with van der Waals surface area (Å²) >= 11 is 1.52. The number of carbonyl (C=O) groups is 2. The average molecular weight is 567 g/mol. The Bertz CT molecular complexity index is 1560. The number of benzene rings is 3. The highest BCUT2D eigenvalue weighted by Gasteiger charge is 2.23.